The third kappa shape index (κ3) is 8.26. The molecule has 3 rings (SSSR count). The SMILES string of the molecule is CCCCCCC(C)(C)c1cc(OC(=O)C(C)(C)CNC(=O)OC(C)(C)C)c2c(c1)OC(C)(C)C1CCC(=O)CC21. The molecule has 1 aliphatic carbocycles. The van der Waals surface area contributed by atoms with Gasteiger partial charge in [0.1, 0.15) is 28.5 Å². The Morgan fingerprint density at radius 3 is 2.37 bits per heavy atom. The third-order valence-corrected chi connectivity index (χ3v) is 8.67. The van der Waals surface area contributed by atoms with Crippen LogP contribution >= 0.6 is 0 Å². The molecule has 230 valence electrons. The monoisotopic (exact) mass is 571 g/mol. The molecule has 7 nitrogen and oxygen atoms in total. The van der Waals surface area contributed by atoms with Gasteiger partial charge in [-0.3, -0.25) is 9.59 Å². The number of benzene rings is 1. The predicted octanol–water partition coefficient (Wildman–Crippen LogP) is 8.01. The van der Waals surface area contributed by atoms with Gasteiger partial charge in [0.25, 0.3) is 0 Å². The van der Waals surface area contributed by atoms with Crippen LogP contribution in [0.4, 0.5) is 4.79 Å². The van der Waals surface area contributed by atoms with Gasteiger partial charge in [-0.1, -0.05) is 46.5 Å². The number of Topliss-reactive ketones (excluding diaryl/α,β-unsaturated/α-hetero) is 1. The highest BCUT2D eigenvalue weighted by Gasteiger charge is 2.48. The van der Waals surface area contributed by atoms with E-state index in [1.54, 1.807) is 34.6 Å². The number of esters is 1. The third-order valence-electron chi connectivity index (χ3n) is 8.67. The van der Waals surface area contributed by atoms with E-state index in [1.807, 2.05) is 6.07 Å². The molecule has 1 amide bonds. The molecular weight excluding hydrogens is 518 g/mol. The lowest BCUT2D eigenvalue weighted by Crippen LogP contribution is -2.47. The first-order valence-electron chi connectivity index (χ1n) is 15.4. The minimum absolute atomic E-state index is 0.0552. The first kappa shape index (κ1) is 32.9. The quantitative estimate of drug-likeness (QED) is 0.174. The summed E-state index contributed by atoms with van der Waals surface area (Å²) in [5.41, 5.74) is -0.399. The van der Waals surface area contributed by atoms with Crippen LogP contribution in [0.25, 0.3) is 0 Å². The molecule has 1 saturated carbocycles. The summed E-state index contributed by atoms with van der Waals surface area (Å²) in [4.78, 5) is 38.6. The summed E-state index contributed by atoms with van der Waals surface area (Å²) in [5.74, 6) is 1.00. The number of hydrogen-bond acceptors (Lipinski definition) is 6. The minimum Gasteiger partial charge on any atom is -0.487 e. The van der Waals surface area contributed by atoms with E-state index < -0.39 is 28.7 Å². The summed E-state index contributed by atoms with van der Waals surface area (Å²) in [5, 5.41) is 2.71. The number of amides is 1. The molecule has 1 aromatic carbocycles. The zero-order chi connectivity index (χ0) is 30.8. The van der Waals surface area contributed by atoms with Gasteiger partial charge in [-0.2, -0.15) is 0 Å². The van der Waals surface area contributed by atoms with E-state index >= 15 is 0 Å². The molecule has 2 aliphatic rings. The van der Waals surface area contributed by atoms with E-state index in [0.29, 0.717) is 24.3 Å². The predicted molar refractivity (Wildman–Crippen MR) is 162 cm³/mol. The van der Waals surface area contributed by atoms with Crippen LogP contribution in [-0.2, 0) is 19.7 Å². The van der Waals surface area contributed by atoms with Crippen LogP contribution in [0.2, 0.25) is 0 Å². The average molecular weight is 572 g/mol. The Bertz CT molecular complexity index is 1130. The zero-order valence-electron chi connectivity index (χ0n) is 27.1. The van der Waals surface area contributed by atoms with Crippen LogP contribution < -0.4 is 14.8 Å². The van der Waals surface area contributed by atoms with Crippen molar-refractivity contribution in [2.75, 3.05) is 6.54 Å². The number of ketones is 1. The second-order valence-corrected chi connectivity index (χ2v) is 14.9. The van der Waals surface area contributed by atoms with Gasteiger partial charge in [-0.15, -0.1) is 0 Å². The van der Waals surface area contributed by atoms with E-state index in [4.69, 9.17) is 14.2 Å². The van der Waals surface area contributed by atoms with Gasteiger partial charge in [0.2, 0.25) is 0 Å². The molecule has 1 fully saturated rings. The Morgan fingerprint density at radius 2 is 1.73 bits per heavy atom. The second kappa shape index (κ2) is 12.3. The number of alkyl carbamates (subject to hydrolysis) is 1. The molecule has 1 heterocycles. The Labute approximate surface area is 247 Å². The fraction of sp³-hybridized carbons (Fsp3) is 0.735. The molecule has 0 spiro atoms. The van der Waals surface area contributed by atoms with Crippen molar-refractivity contribution < 1.29 is 28.6 Å². The number of carbonyl (C=O) groups is 3. The highest BCUT2D eigenvalue weighted by molar-refractivity contribution is 5.82. The topological polar surface area (TPSA) is 90.9 Å². The zero-order valence-corrected chi connectivity index (χ0v) is 27.1. The smallest absolute Gasteiger partial charge is 0.407 e. The molecule has 2 unspecified atom stereocenters. The summed E-state index contributed by atoms with van der Waals surface area (Å²) < 4.78 is 18.2. The lowest BCUT2D eigenvalue weighted by molar-refractivity contribution is -0.143. The Morgan fingerprint density at radius 1 is 1.05 bits per heavy atom. The lowest BCUT2D eigenvalue weighted by Gasteiger charge is -2.47. The molecule has 7 heteroatoms. The van der Waals surface area contributed by atoms with E-state index in [1.165, 1.54) is 19.3 Å². The van der Waals surface area contributed by atoms with Gasteiger partial charge < -0.3 is 19.5 Å². The first-order chi connectivity index (χ1) is 18.9. The van der Waals surface area contributed by atoms with Crippen molar-refractivity contribution in [1.82, 2.24) is 5.32 Å². The Kier molecular flexibility index (Phi) is 9.92. The summed E-state index contributed by atoms with van der Waals surface area (Å²) in [6.45, 7) is 19.8. The summed E-state index contributed by atoms with van der Waals surface area (Å²) in [7, 11) is 0. The molecule has 2 atom stereocenters. The number of rotatable bonds is 10. The Balaban J connectivity index is 1.98. The van der Waals surface area contributed by atoms with Gasteiger partial charge in [-0.05, 0) is 84.4 Å². The van der Waals surface area contributed by atoms with Crippen LogP contribution in [0, 0.1) is 11.3 Å². The molecular formula is C34H53NO6. The maximum atomic E-state index is 13.7. The second-order valence-electron chi connectivity index (χ2n) is 14.9. The van der Waals surface area contributed by atoms with E-state index in [0.717, 1.165) is 30.4 Å². The maximum absolute atomic E-state index is 13.7. The maximum Gasteiger partial charge on any atom is 0.407 e. The first-order valence-corrected chi connectivity index (χ1v) is 15.4. The van der Waals surface area contributed by atoms with Crippen molar-refractivity contribution in [2.24, 2.45) is 11.3 Å². The largest absolute Gasteiger partial charge is 0.487 e. The average Bonchev–Trinajstić information content (AvgIpc) is 2.83. The standard InChI is InChI=1S/C34H53NO6/c1-11-12-13-14-17-32(5,6)22-18-26(39-29(37)33(7,8)21-35-30(38)41-31(2,3)4)28-24-20-23(36)15-16-25(24)34(9,10)40-27(28)19-22/h18-19,24-25H,11-17,20-21H2,1-10H3,(H,35,38). The van der Waals surface area contributed by atoms with Gasteiger partial charge in [0.05, 0.1) is 5.41 Å². The van der Waals surface area contributed by atoms with Crippen LogP contribution in [0.1, 0.15) is 138 Å². The number of unbranched alkanes of at least 4 members (excludes halogenated alkanes) is 3. The number of fused-ring (bicyclic) bond motifs is 3. The van der Waals surface area contributed by atoms with Crippen molar-refractivity contribution in [3.05, 3.63) is 23.3 Å². The summed E-state index contributed by atoms with van der Waals surface area (Å²) in [6, 6.07) is 4.10. The molecule has 1 aliphatic heterocycles. The van der Waals surface area contributed by atoms with Crippen molar-refractivity contribution in [1.29, 1.82) is 0 Å². The molecule has 0 bridgehead atoms. The van der Waals surface area contributed by atoms with Crippen LogP contribution in [0.15, 0.2) is 12.1 Å². The van der Waals surface area contributed by atoms with Crippen molar-refractivity contribution >= 4 is 17.8 Å². The molecule has 1 aromatic rings. The fourth-order valence-corrected chi connectivity index (χ4v) is 6.08. The summed E-state index contributed by atoms with van der Waals surface area (Å²) >= 11 is 0. The number of nitrogens with one attached hydrogen (secondary N) is 1. The van der Waals surface area contributed by atoms with E-state index in [2.05, 4.69) is 46.0 Å². The normalized spacial score (nSPS) is 20.4. The van der Waals surface area contributed by atoms with Crippen LogP contribution in [0.5, 0.6) is 11.5 Å². The lowest BCUT2D eigenvalue weighted by atomic mass is 9.66. The number of carbonyl (C=O) groups excluding carboxylic acids is 3. The number of hydrogen-bond donors (Lipinski definition) is 1. The molecule has 0 saturated heterocycles. The van der Waals surface area contributed by atoms with Gasteiger partial charge >= 0.3 is 12.1 Å². The van der Waals surface area contributed by atoms with Crippen molar-refractivity contribution in [2.45, 2.75) is 143 Å². The van der Waals surface area contributed by atoms with Gasteiger partial charge in [0, 0.05) is 36.8 Å². The van der Waals surface area contributed by atoms with Gasteiger partial charge in [0.15, 0.2) is 0 Å². The van der Waals surface area contributed by atoms with Crippen LogP contribution in [-0.4, -0.2) is 35.6 Å². The summed E-state index contributed by atoms with van der Waals surface area (Å²) in [6.07, 6.45) is 6.82. The highest BCUT2D eigenvalue weighted by Crippen LogP contribution is 2.55. The van der Waals surface area contributed by atoms with E-state index in [-0.39, 0.29) is 29.6 Å². The molecule has 0 radical (unpaired) electrons. The van der Waals surface area contributed by atoms with E-state index in [9.17, 15) is 14.4 Å². The van der Waals surface area contributed by atoms with Crippen molar-refractivity contribution in [3.8, 4) is 11.5 Å². The highest BCUT2D eigenvalue weighted by atomic mass is 16.6. The molecule has 1 N–H and O–H groups in total. The van der Waals surface area contributed by atoms with Gasteiger partial charge in [-0.25, -0.2) is 4.79 Å². The Hall–Kier alpha value is -2.57. The number of ether oxygens (including phenoxy) is 3. The van der Waals surface area contributed by atoms with Crippen LogP contribution in [0.3, 0.4) is 0 Å². The molecule has 0 aromatic heterocycles. The molecule has 41 heavy (non-hydrogen) atoms. The van der Waals surface area contributed by atoms with Crippen molar-refractivity contribution in [3.63, 3.8) is 0 Å². The minimum atomic E-state index is -1.02. The fourth-order valence-electron chi connectivity index (χ4n) is 6.08.